The molecule has 2 heterocycles. The molecule has 7 heteroatoms. The maximum atomic E-state index is 13.3. The number of allylic oxidation sites excluding steroid dienone is 1. The van der Waals surface area contributed by atoms with Crippen molar-refractivity contribution in [2.75, 3.05) is 26.2 Å². The second-order valence-corrected chi connectivity index (χ2v) is 8.75. The van der Waals surface area contributed by atoms with Gasteiger partial charge in [0.2, 0.25) is 5.91 Å². The second kappa shape index (κ2) is 9.58. The smallest absolute Gasteiger partial charge is 0.304 e. The third-order valence-electron chi connectivity index (χ3n) is 6.28. The van der Waals surface area contributed by atoms with E-state index in [0.29, 0.717) is 26.2 Å². The first-order chi connectivity index (χ1) is 15.9. The van der Waals surface area contributed by atoms with Gasteiger partial charge >= 0.3 is 5.70 Å². The van der Waals surface area contributed by atoms with Gasteiger partial charge < -0.3 is 9.64 Å². The van der Waals surface area contributed by atoms with E-state index in [-0.39, 0.29) is 35.1 Å². The van der Waals surface area contributed by atoms with Gasteiger partial charge in [-0.05, 0) is 11.1 Å². The fraction of sp³-hybridized carbons (Fsp3) is 0.346. The highest BCUT2D eigenvalue weighted by Gasteiger charge is 2.48. The predicted molar refractivity (Wildman–Crippen MR) is 125 cm³/mol. The summed E-state index contributed by atoms with van der Waals surface area (Å²) in [7, 11) is 0. The Kier molecular flexibility index (Phi) is 6.60. The molecule has 2 aliphatic heterocycles. The number of piperazine rings is 1. The lowest BCUT2D eigenvalue weighted by molar-refractivity contribution is -0.431. The molecule has 1 amide bonds. The van der Waals surface area contributed by atoms with Crippen LogP contribution in [0, 0.1) is 22.0 Å². The van der Waals surface area contributed by atoms with E-state index in [2.05, 4.69) is 35.7 Å². The number of rotatable bonds is 6. The summed E-state index contributed by atoms with van der Waals surface area (Å²) in [5.74, 6) is -1.19. The molecule has 1 unspecified atom stereocenters. The minimum absolute atomic E-state index is 0.0798. The number of benzene rings is 2. The third-order valence-corrected chi connectivity index (χ3v) is 6.28. The topological polar surface area (TPSA) is 75.9 Å². The van der Waals surface area contributed by atoms with Gasteiger partial charge in [-0.25, -0.2) is 0 Å². The van der Waals surface area contributed by atoms with Gasteiger partial charge in [-0.1, -0.05) is 81.1 Å². The molecule has 0 aliphatic carbocycles. The summed E-state index contributed by atoms with van der Waals surface area (Å²) in [6.45, 7) is 9.73. The van der Waals surface area contributed by atoms with Crippen LogP contribution in [0.15, 0.2) is 84.5 Å². The quantitative estimate of drug-likeness (QED) is 0.489. The fourth-order valence-electron chi connectivity index (χ4n) is 4.68. The van der Waals surface area contributed by atoms with Gasteiger partial charge in [0.15, 0.2) is 11.7 Å². The Morgan fingerprint density at radius 2 is 1.52 bits per heavy atom. The van der Waals surface area contributed by atoms with E-state index < -0.39 is 10.8 Å². The van der Waals surface area contributed by atoms with Gasteiger partial charge in [-0.2, -0.15) is 0 Å². The minimum Gasteiger partial charge on any atom is -0.458 e. The molecule has 0 bridgehead atoms. The normalized spacial score (nSPS) is 19.3. The van der Waals surface area contributed by atoms with Crippen molar-refractivity contribution in [1.29, 1.82) is 0 Å². The lowest BCUT2D eigenvalue weighted by Crippen LogP contribution is -2.51. The van der Waals surface area contributed by atoms with E-state index in [1.54, 1.807) is 4.90 Å². The lowest BCUT2D eigenvalue weighted by Gasteiger charge is -2.40. The second-order valence-electron chi connectivity index (χ2n) is 8.75. The molecule has 2 aromatic carbocycles. The summed E-state index contributed by atoms with van der Waals surface area (Å²) in [5, 5.41) is 11.8. The molecular formula is C26H29N3O4. The maximum Gasteiger partial charge on any atom is 0.304 e. The summed E-state index contributed by atoms with van der Waals surface area (Å²) in [4.78, 5) is 28.7. The van der Waals surface area contributed by atoms with Gasteiger partial charge in [0.05, 0.1) is 11.0 Å². The van der Waals surface area contributed by atoms with Crippen LogP contribution in [0.5, 0.6) is 0 Å². The van der Waals surface area contributed by atoms with Crippen LogP contribution in [0.2, 0.25) is 0 Å². The third kappa shape index (κ3) is 4.54. The predicted octanol–water partition coefficient (Wildman–Crippen LogP) is 4.22. The summed E-state index contributed by atoms with van der Waals surface area (Å²) in [6, 6.07) is 20.7. The molecule has 1 atom stereocenters. The van der Waals surface area contributed by atoms with Gasteiger partial charge in [-0.15, -0.1) is 0 Å². The molecule has 4 rings (SSSR count). The molecular weight excluding hydrogens is 418 g/mol. The largest absolute Gasteiger partial charge is 0.458 e. The van der Waals surface area contributed by atoms with E-state index >= 15 is 0 Å². The first-order valence-electron chi connectivity index (χ1n) is 11.3. The fourth-order valence-corrected chi connectivity index (χ4v) is 4.68. The van der Waals surface area contributed by atoms with Gasteiger partial charge in [0, 0.05) is 32.1 Å². The number of nitro groups is 1. The lowest BCUT2D eigenvalue weighted by atomic mass is 9.96. The number of nitrogens with zero attached hydrogens (tertiary/aromatic N) is 3. The molecule has 0 saturated carbocycles. The molecule has 0 spiro atoms. The standard InChI is InChI=1S/C26H29N3O4/c1-18(2)25-24(29(31)32)22(19(3)33-25)26(30)28-16-14-27(15-17-28)23(20-10-6-4-7-11-20)21-12-8-5-9-13-21/h4-13,18,22-23H,3,14-17H2,1-2H3. The van der Waals surface area contributed by atoms with Crippen LogP contribution < -0.4 is 0 Å². The van der Waals surface area contributed by atoms with Crippen molar-refractivity contribution < 1.29 is 14.5 Å². The van der Waals surface area contributed by atoms with Crippen LogP contribution in [-0.2, 0) is 9.53 Å². The summed E-state index contributed by atoms with van der Waals surface area (Å²) < 4.78 is 5.58. The monoisotopic (exact) mass is 447 g/mol. The Morgan fingerprint density at radius 3 is 1.97 bits per heavy atom. The molecule has 2 aliphatic rings. The number of hydrogen-bond acceptors (Lipinski definition) is 5. The maximum absolute atomic E-state index is 13.3. The highest BCUT2D eigenvalue weighted by Crippen LogP contribution is 2.38. The molecule has 7 nitrogen and oxygen atoms in total. The zero-order valence-electron chi connectivity index (χ0n) is 19.0. The van der Waals surface area contributed by atoms with Gasteiger partial charge in [-0.3, -0.25) is 19.8 Å². The zero-order chi connectivity index (χ0) is 23.5. The van der Waals surface area contributed by atoms with Crippen molar-refractivity contribution in [2.24, 2.45) is 11.8 Å². The Morgan fingerprint density at radius 1 is 1.00 bits per heavy atom. The Labute approximate surface area is 194 Å². The Balaban J connectivity index is 1.53. The SMILES string of the molecule is C=C1OC(C(C)C)=C([N+](=O)[O-])C1C(=O)N1CCN(C(c2ccccc2)c2ccccc2)CC1. The van der Waals surface area contributed by atoms with Crippen molar-refractivity contribution in [3.8, 4) is 0 Å². The zero-order valence-corrected chi connectivity index (χ0v) is 19.0. The van der Waals surface area contributed by atoms with Gasteiger partial charge in [0.1, 0.15) is 5.76 Å². The van der Waals surface area contributed by atoms with Crippen LogP contribution >= 0.6 is 0 Å². The summed E-state index contributed by atoms with van der Waals surface area (Å²) >= 11 is 0. The van der Waals surface area contributed by atoms with Crippen LogP contribution in [0.25, 0.3) is 0 Å². The molecule has 1 fully saturated rings. The van der Waals surface area contributed by atoms with Crippen molar-refractivity contribution in [3.63, 3.8) is 0 Å². The Hall–Kier alpha value is -3.45. The number of carbonyl (C=O) groups is 1. The number of ether oxygens (including phenoxy) is 1. The molecule has 33 heavy (non-hydrogen) atoms. The van der Waals surface area contributed by atoms with E-state index in [4.69, 9.17) is 4.74 Å². The molecule has 0 aromatic heterocycles. The Bertz CT molecular complexity index is 1020. The first-order valence-corrected chi connectivity index (χ1v) is 11.3. The van der Waals surface area contributed by atoms with E-state index in [9.17, 15) is 14.9 Å². The highest BCUT2D eigenvalue weighted by molar-refractivity contribution is 5.84. The van der Waals surface area contributed by atoms with Crippen molar-refractivity contribution in [1.82, 2.24) is 9.80 Å². The average molecular weight is 448 g/mol. The summed E-state index contributed by atoms with van der Waals surface area (Å²) in [5.41, 5.74) is 2.22. The first kappa shape index (κ1) is 22.7. The number of hydrogen-bond donors (Lipinski definition) is 0. The highest BCUT2D eigenvalue weighted by atomic mass is 16.6. The molecule has 172 valence electrons. The molecule has 2 aromatic rings. The van der Waals surface area contributed by atoms with Crippen molar-refractivity contribution in [2.45, 2.75) is 19.9 Å². The molecule has 1 saturated heterocycles. The molecule has 0 N–H and O–H groups in total. The van der Waals surface area contributed by atoms with Crippen LogP contribution in [0.3, 0.4) is 0 Å². The van der Waals surface area contributed by atoms with Crippen molar-refractivity contribution >= 4 is 5.91 Å². The van der Waals surface area contributed by atoms with Crippen LogP contribution in [0.4, 0.5) is 0 Å². The van der Waals surface area contributed by atoms with E-state index in [1.165, 1.54) is 11.1 Å². The molecule has 0 radical (unpaired) electrons. The van der Waals surface area contributed by atoms with E-state index in [0.717, 1.165) is 0 Å². The van der Waals surface area contributed by atoms with Crippen molar-refractivity contribution in [3.05, 3.63) is 106 Å². The number of carbonyl (C=O) groups excluding carboxylic acids is 1. The minimum atomic E-state index is -1.05. The van der Waals surface area contributed by atoms with Gasteiger partial charge in [0.25, 0.3) is 0 Å². The van der Waals surface area contributed by atoms with Crippen LogP contribution in [0.1, 0.15) is 31.0 Å². The van der Waals surface area contributed by atoms with E-state index in [1.807, 2.05) is 50.2 Å². The number of amides is 1. The summed E-state index contributed by atoms with van der Waals surface area (Å²) in [6.07, 6.45) is 0. The average Bonchev–Trinajstić information content (AvgIpc) is 3.18. The van der Waals surface area contributed by atoms with Crippen LogP contribution in [-0.4, -0.2) is 46.8 Å².